The first-order valence-corrected chi connectivity index (χ1v) is 12.6. The molecular formula is C30H34FN3O3. The standard InChI is InChI=1S/C30H34FN3O3/c1-29(2,3)27-26-24(20-14-19(36-6)12-13-23(20)37-7)25-21(15-30(4,5)16-22(25)35)32-28(26)34(33-27)18-10-8-17(31)9-11-18/h8-14,24,32H,15-16H2,1-7H3. The van der Waals surface area contributed by atoms with E-state index >= 15 is 0 Å². The average molecular weight is 504 g/mol. The zero-order valence-corrected chi connectivity index (χ0v) is 22.5. The van der Waals surface area contributed by atoms with E-state index in [0.717, 1.165) is 46.0 Å². The molecule has 0 spiro atoms. The van der Waals surface area contributed by atoms with Gasteiger partial charge >= 0.3 is 0 Å². The topological polar surface area (TPSA) is 65.4 Å². The van der Waals surface area contributed by atoms with E-state index in [1.165, 1.54) is 12.1 Å². The number of aromatic nitrogens is 2. The Labute approximate surface area is 217 Å². The summed E-state index contributed by atoms with van der Waals surface area (Å²) in [6.07, 6.45) is 1.18. The molecule has 0 amide bonds. The number of halogens is 1. The molecule has 1 aromatic heterocycles. The Morgan fingerprint density at radius 2 is 1.76 bits per heavy atom. The van der Waals surface area contributed by atoms with Crippen molar-refractivity contribution < 1.29 is 18.7 Å². The highest BCUT2D eigenvalue weighted by atomic mass is 19.1. The maximum atomic E-state index is 13.8. The van der Waals surface area contributed by atoms with Crippen molar-refractivity contribution in [1.29, 1.82) is 0 Å². The maximum absolute atomic E-state index is 13.8. The molecule has 1 aliphatic carbocycles. The van der Waals surface area contributed by atoms with Crippen molar-refractivity contribution in [2.45, 2.75) is 58.8 Å². The van der Waals surface area contributed by atoms with Gasteiger partial charge in [-0.25, -0.2) is 9.07 Å². The number of nitrogens with one attached hydrogen (secondary N) is 1. The van der Waals surface area contributed by atoms with Crippen LogP contribution < -0.4 is 14.8 Å². The van der Waals surface area contributed by atoms with Gasteiger partial charge in [-0.3, -0.25) is 4.79 Å². The van der Waals surface area contributed by atoms with E-state index in [9.17, 15) is 9.18 Å². The smallest absolute Gasteiger partial charge is 0.162 e. The summed E-state index contributed by atoms with van der Waals surface area (Å²) in [6, 6.07) is 12.0. The van der Waals surface area contributed by atoms with Crippen molar-refractivity contribution >= 4 is 11.6 Å². The van der Waals surface area contributed by atoms with Gasteiger partial charge in [-0.2, -0.15) is 5.10 Å². The highest BCUT2D eigenvalue weighted by molar-refractivity contribution is 6.02. The summed E-state index contributed by atoms with van der Waals surface area (Å²) in [4.78, 5) is 13.8. The molecule has 0 fully saturated rings. The van der Waals surface area contributed by atoms with Crippen LogP contribution in [-0.2, 0) is 10.2 Å². The molecule has 0 bridgehead atoms. The van der Waals surface area contributed by atoms with Crippen molar-refractivity contribution in [3.63, 3.8) is 0 Å². The van der Waals surface area contributed by atoms with Crippen molar-refractivity contribution in [3.8, 4) is 17.2 Å². The summed E-state index contributed by atoms with van der Waals surface area (Å²) in [5, 5.41) is 8.70. The van der Waals surface area contributed by atoms with E-state index in [-0.39, 0.29) is 22.4 Å². The molecule has 194 valence electrons. The molecule has 2 heterocycles. The number of nitrogens with zero attached hydrogens (tertiary/aromatic N) is 2. The third-order valence-electron chi connectivity index (χ3n) is 7.22. The summed E-state index contributed by atoms with van der Waals surface area (Å²) < 4.78 is 27.1. The number of allylic oxidation sites excluding steroid dienone is 2. The fraction of sp³-hybridized carbons (Fsp3) is 0.400. The molecule has 1 atom stereocenters. The van der Waals surface area contributed by atoms with Crippen molar-refractivity contribution in [3.05, 3.63) is 76.4 Å². The quantitative estimate of drug-likeness (QED) is 0.439. The number of ether oxygens (including phenoxy) is 2. The van der Waals surface area contributed by atoms with Gasteiger partial charge in [0.15, 0.2) is 5.78 Å². The van der Waals surface area contributed by atoms with Crippen LogP contribution in [-0.4, -0.2) is 29.8 Å². The predicted molar refractivity (Wildman–Crippen MR) is 142 cm³/mol. The predicted octanol–water partition coefficient (Wildman–Crippen LogP) is 6.53. The highest BCUT2D eigenvalue weighted by Crippen LogP contribution is 2.53. The highest BCUT2D eigenvalue weighted by Gasteiger charge is 2.45. The lowest BCUT2D eigenvalue weighted by Crippen LogP contribution is -2.34. The van der Waals surface area contributed by atoms with Crippen LogP contribution in [0.1, 0.15) is 70.2 Å². The van der Waals surface area contributed by atoms with Crippen LogP contribution in [0.4, 0.5) is 10.2 Å². The number of anilines is 1. The van der Waals surface area contributed by atoms with Crippen LogP contribution >= 0.6 is 0 Å². The second kappa shape index (κ2) is 8.75. The summed E-state index contributed by atoms with van der Waals surface area (Å²) in [7, 11) is 3.27. The summed E-state index contributed by atoms with van der Waals surface area (Å²) in [5.74, 6) is 1.56. The number of carbonyl (C=O) groups excluding carboxylic acids is 1. The molecule has 0 radical (unpaired) electrons. The maximum Gasteiger partial charge on any atom is 0.162 e. The van der Waals surface area contributed by atoms with E-state index < -0.39 is 5.92 Å². The molecule has 2 aromatic carbocycles. The molecule has 6 nitrogen and oxygen atoms in total. The third-order valence-corrected chi connectivity index (χ3v) is 7.22. The van der Waals surface area contributed by atoms with Crippen LogP contribution in [0.2, 0.25) is 0 Å². The van der Waals surface area contributed by atoms with Crippen LogP contribution in [0.15, 0.2) is 53.7 Å². The van der Waals surface area contributed by atoms with Gasteiger partial charge < -0.3 is 14.8 Å². The number of carbonyl (C=O) groups is 1. The van der Waals surface area contributed by atoms with E-state index in [1.54, 1.807) is 26.4 Å². The number of fused-ring (bicyclic) bond motifs is 1. The van der Waals surface area contributed by atoms with Gasteiger partial charge in [-0.1, -0.05) is 34.6 Å². The first-order chi connectivity index (χ1) is 17.4. The molecule has 1 N–H and O–H groups in total. The minimum atomic E-state index is -0.400. The van der Waals surface area contributed by atoms with E-state index in [0.29, 0.717) is 17.9 Å². The van der Waals surface area contributed by atoms with Crippen LogP contribution in [0.3, 0.4) is 0 Å². The second-order valence-electron chi connectivity index (χ2n) is 11.7. The average Bonchev–Trinajstić information content (AvgIpc) is 3.21. The van der Waals surface area contributed by atoms with E-state index in [4.69, 9.17) is 14.6 Å². The van der Waals surface area contributed by atoms with Gasteiger partial charge in [0, 0.05) is 40.2 Å². The lowest BCUT2D eigenvalue weighted by atomic mass is 9.68. The second-order valence-corrected chi connectivity index (χ2v) is 11.7. The number of rotatable bonds is 4. The Morgan fingerprint density at radius 3 is 2.38 bits per heavy atom. The van der Waals surface area contributed by atoms with E-state index in [2.05, 4.69) is 39.9 Å². The molecule has 37 heavy (non-hydrogen) atoms. The van der Waals surface area contributed by atoms with Crippen LogP contribution in [0.5, 0.6) is 11.5 Å². The monoisotopic (exact) mass is 503 g/mol. The number of hydrogen-bond donors (Lipinski definition) is 1. The first kappa shape index (κ1) is 25.1. The normalized spacial score (nSPS) is 18.7. The fourth-order valence-corrected chi connectivity index (χ4v) is 5.59. The minimum absolute atomic E-state index is 0.119. The van der Waals surface area contributed by atoms with Gasteiger partial charge in [0.05, 0.1) is 25.6 Å². The van der Waals surface area contributed by atoms with Gasteiger partial charge in [-0.05, 0) is 54.3 Å². The van der Waals surface area contributed by atoms with Crippen molar-refractivity contribution in [1.82, 2.24) is 9.78 Å². The lowest BCUT2D eigenvalue weighted by molar-refractivity contribution is -0.118. The number of methoxy groups -OCH3 is 2. The molecule has 0 saturated heterocycles. The number of benzene rings is 2. The minimum Gasteiger partial charge on any atom is -0.497 e. The Balaban J connectivity index is 1.86. The van der Waals surface area contributed by atoms with Gasteiger partial charge in [-0.15, -0.1) is 0 Å². The summed E-state index contributed by atoms with van der Waals surface area (Å²) in [5.41, 5.74) is 4.51. The Bertz CT molecular complexity index is 1410. The van der Waals surface area contributed by atoms with Crippen molar-refractivity contribution in [2.75, 3.05) is 19.5 Å². The van der Waals surface area contributed by atoms with E-state index in [1.807, 2.05) is 22.9 Å². The zero-order valence-electron chi connectivity index (χ0n) is 22.5. The molecule has 1 aliphatic heterocycles. The summed E-state index contributed by atoms with van der Waals surface area (Å²) in [6.45, 7) is 10.6. The van der Waals surface area contributed by atoms with Crippen molar-refractivity contribution in [2.24, 2.45) is 5.41 Å². The Hall–Kier alpha value is -3.61. The van der Waals surface area contributed by atoms with Crippen LogP contribution in [0.25, 0.3) is 5.69 Å². The largest absolute Gasteiger partial charge is 0.497 e. The molecule has 2 aliphatic rings. The first-order valence-electron chi connectivity index (χ1n) is 12.6. The molecule has 5 rings (SSSR count). The molecule has 3 aromatic rings. The molecule has 7 heteroatoms. The molecular weight excluding hydrogens is 469 g/mol. The van der Waals surface area contributed by atoms with Crippen LogP contribution in [0, 0.1) is 11.2 Å². The fourth-order valence-electron chi connectivity index (χ4n) is 5.59. The number of ketones is 1. The lowest BCUT2D eigenvalue weighted by Gasteiger charge is -2.39. The number of hydrogen-bond acceptors (Lipinski definition) is 5. The van der Waals surface area contributed by atoms with Gasteiger partial charge in [0.2, 0.25) is 0 Å². The number of Topliss-reactive ketones (excluding diaryl/α,β-unsaturated/α-hetero) is 1. The Morgan fingerprint density at radius 1 is 1.05 bits per heavy atom. The van der Waals surface area contributed by atoms with Gasteiger partial charge in [0.25, 0.3) is 0 Å². The SMILES string of the molecule is COc1ccc(OC)c(C2C3=C(CC(C)(C)CC3=O)Nc3c2c(C(C)(C)C)nn3-c2ccc(F)cc2)c1. The zero-order chi connectivity index (χ0) is 26.7. The third kappa shape index (κ3) is 4.30. The molecule has 1 unspecified atom stereocenters. The van der Waals surface area contributed by atoms with Gasteiger partial charge in [0.1, 0.15) is 23.1 Å². The molecule has 0 saturated carbocycles. The summed E-state index contributed by atoms with van der Waals surface area (Å²) >= 11 is 0. The Kier molecular flexibility index (Phi) is 5.93.